The van der Waals surface area contributed by atoms with E-state index in [1.54, 1.807) is 48.8 Å². The van der Waals surface area contributed by atoms with Crippen molar-refractivity contribution in [3.63, 3.8) is 0 Å². The molecule has 16 heavy (non-hydrogen) atoms. The Morgan fingerprint density at radius 3 is 2.81 bits per heavy atom. The molecule has 0 aliphatic heterocycles. The van der Waals surface area contributed by atoms with Gasteiger partial charge in [-0.3, -0.25) is 4.98 Å². The Morgan fingerprint density at radius 1 is 1.19 bits per heavy atom. The minimum Gasteiger partial charge on any atom is -0.453 e. The molecule has 4 nitrogen and oxygen atoms in total. The second-order valence-corrected chi connectivity index (χ2v) is 2.96. The lowest BCUT2D eigenvalue weighted by Crippen LogP contribution is -1.84. The highest BCUT2D eigenvalue weighted by molar-refractivity contribution is 5.58. The minimum atomic E-state index is 0.446. The molecule has 2 rings (SSSR count). The summed E-state index contributed by atoms with van der Waals surface area (Å²) in [6.07, 6.45) is 4.73. The van der Waals surface area contributed by atoms with Crippen LogP contribution in [0.3, 0.4) is 0 Å². The molecule has 0 amide bonds. The second kappa shape index (κ2) is 4.87. The number of para-hydroxylation sites is 2. The third-order valence-electron chi connectivity index (χ3n) is 1.89. The highest BCUT2D eigenvalue weighted by atomic mass is 16.5. The van der Waals surface area contributed by atoms with E-state index >= 15 is 0 Å². The van der Waals surface area contributed by atoms with Gasteiger partial charge < -0.3 is 4.74 Å². The van der Waals surface area contributed by atoms with Crippen LogP contribution in [-0.4, -0.2) is 11.1 Å². The molecule has 1 aromatic carbocycles. The predicted octanol–water partition coefficient (Wildman–Crippen LogP) is 2.84. The summed E-state index contributed by atoms with van der Waals surface area (Å²) < 4.78 is 5.53. The molecule has 0 bridgehead atoms. The normalized spacial score (nSPS) is 9.25. The van der Waals surface area contributed by atoms with Crippen LogP contribution in [0.15, 0.2) is 53.8 Å². The van der Waals surface area contributed by atoms with Crippen molar-refractivity contribution in [1.29, 1.82) is 0 Å². The molecule has 1 heterocycles. The summed E-state index contributed by atoms with van der Waals surface area (Å²) in [6.45, 7) is 0. The zero-order valence-corrected chi connectivity index (χ0v) is 8.33. The van der Waals surface area contributed by atoms with Gasteiger partial charge in [-0.1, -0.05) is 12.1 Å². The van der Waals surface area contributed by atoms with Gasteiger partial charge in [0.15, 0.2) is 5.75 Å². The third-order valence-corrected chi connectivity index (χ3v) is 1.89. The van der Waals surface area contributed by atoms with E-state index in [2.05, 4.69) is 9.98 Å². The van der Waals surface area contributed by atoms with E-state index in [9.17, 15) is 4.79 Å². The molecule has 78 valence electrons. The van der Waals surface area contributed by atoms with Gasteiger partial charge in [0.25, 0.3) is 0 Å². The molecule has 0 N–H and O–H groups in total. The molecule has 4 heteroatoms. The molecule has 1 aromatic heterocycles. The van der Waals surface area contributed by atoms with Crippen molar-refractivity contribution in [2.75, 3.05) is 0 Å². The molecule has 0 saturated heterocycles. The number of rotatable bonds is 3. The fourth-order valence-corrected chi connectivity index (χ4v) is 1.22. The van der Waals surface area contributed by atoms with Crippen LogP contribution in [0.2, 0.25) is 0 Å². The lowest BCUT2D eigenvalue weighted by Gasteiger charge is -2.06. The number of benzene rings is 1. The van der Waals surface area contributed by atoms with Crippen molar-refractivity contribution in [3.8, 4) is 11.5 Å². The van der Waals surface area contributed by atoms with Gasteiger partial charge in [0.1, 0.15) is 11.4 Å². The maximum absolute atomic E-state index is 10.2. The zero-order chi connectivity index (χ0) is 11.2. The molecule has 0 atom stereocenters. The first-order chi connectivity index (χ1) is 7.90. The maximum atomic E-state index is 10.2. The Hall–Kier alpha value is -2.45. The van der Waals surface area contributed by atoms with Gasteiger partial charge in [0.05, 0.1) is 6.20 Å². The Bertz CT molecular complexity index is 520. The van der Waals surface area contributed by atoms with E-state index in [4.69, 9.17) is 4.74 Å². The molecule has 0 aliphatic carbocycles. The van der Waals surface area contributed by atoms with Crippen LogP contribution in [0.5, 0.6) is 11.5 Å². The standard InChI is InChI=1S/C12H8N2O2/c15-9-14-11-5-1-2-6-12(11)16-10-4-3-7-13-8-10/h1-8H. The predicted molar refractivity (Wildman–Crippen MR) is 58.5 cm³/mol. The van der Waals surface area contributed by atoms with Crippen LogP contribution < -0.4 is 4.74 Å². The quantitative estimate of drug-likeness (QED) is 0.580. The van der Waals surface area contributed by atoms with E-state index in [0.717, 1.165) is 0 Å². The smallest absolute Gasteiger partial charge is 0.240 e. The van der Waals surface area contributed by atoms with Crippen molar-refractivity contribution < 1.29 is 9.53 Å². The second-order valence-electron chi connectivity index (χ2n) is 2.96. The number of aromatic nitrogens is 1. The Kier molecular flexibility index (Phi) is 3.07. The van der Waals surface area contributed by atoms with E-state index < -0.39 is 0 Å². The van der Waals surface area contributed by atoms with E-state index in [0.29, 0.717) is 17.2 Å². The first-order valence-corrected chi connectivity index (χ1v) is 4.65. The summed E-state index contributed by atoms with van der Waals surface area (Å²) in [4.78, 5) is 17.7. The van der Waals surface area contributed by atoms with Crippen molar-refractivity contribution >= 4 is 11.8 Å². The van der Waals surface area contributed by atoms with Crippen molar-refractivity contribution in [2.24, 2.45) is 4.99 Å². The van der Waals surface area contributed by atoms with Crippen LogP contribution in [-0.2, 0) is 4.79 Å². The number of aliphatic imine (C=N–C) groups is 1. The monoisotopic (exact) mass is 212 g/mol. The summed E-state index contributed by atoms with van der Waals surface area (Å²) in [6, 6.07) is 10.5. The molecular formula is C12H8N2O2. The third kappa shape index (κ3) is 2.32. The summed E-state index contributed by atoms with van der Waals surface area (Å²) in [5, 5.41) is 0. The molecule has 0 radical (unpaired) electrons. The van der Waals surface area contributed by atoms with E-state index in [1.165, 1.54) is 6.08 Å². The summed E-state index contributed by atoms with van der Waals surface area (Å²) >= 11 is 0. The van der Waals surface area contributed by atoms with E-state index in [-0.39, 0.29) is 0 Å². The first kappa shape index (κ1) is 10.1. The van der Waals surface area contributed by atoms with Gasteiger partial charge in [0.2, 0.25) is 6.08 Å². The SMILES string of the molecule is O=C=Nc1ccccc1Oc1cccnc1. The van der Waals surface area contributed by atoms with Gasteiger partial charge in [-0.2, -0.15) is 4.99 Å². The molecule has 0 spiro atoms. The fraction of sp³-hybridized carbons (Fsp3) is 0. The maximum Gasteiger partial charge on any atom is 0.240 e. The van der Waals surface area contributed by atoms with Gasteiger partial charge >= 0.3 is 0 Å². The van der Waals surface area contributed by atoms with Gasteiger partial charge in [0, 0.05) is 6.20 Å². The molecule has 2 aromatic rings. The number of hydrogen-bond donors (Lipinski definition) is 0. The number of nitrogens with zero attached hydrogens (tertiary/aromatic N) is 2. The number of isocyanates is 1. The van der Waals surface area contributed by atoms with Crippen molar-refractivity contribution in [1.82, 2.24) is 4.98 Å². The molecule has 0 unspecified atom stereocenters. The Balaban J connectivity index is 2.31. The highest BCUT2D eigenvalue weighted by Gasteiger charge is 2.02. The lowest BCUT2D eigenvalue weighted by atomic mass is 10.3. The van der Waals surface area contributed by atoms with Crippen LogP contribution in [0.1, 0.15) is 0 Å². The van der Waals surface area contributed by atoms with Crippen LogP contribution in [0.4, 0.5) is 5.69 Å². The minimum absolute atomic E-state index is 0.446. The van der Waals surface area contributed by atoms with Crippen molar-refractivity contribution in [2.45, 2.75) is 0 Å². The largest absolute Gasteiger partial charge is 0.453 e. The molecule has 0 aliphatic rings. The summed E-state index contributed by atoms with van der Waals surface area (Å²) in [5.41, 5.74) is 0.446. The van der Waals surface area contributed by atoms with Gasteiger partial charge in [-0.05, 0) is 24.3 Å². The van der Waals surface area contributed by atoms with Crippen LogP contribution in [0.25, 0.3) is 0 Å². The molecule has 0 saturated carbocycles. The van der Waals surface area contributed by atoms with Crippen LogP contribution >= 0.6 is 0 Å². The van der Waals surface area contributed by atoms with E-state index in [1.807, 2.05) is 0 Å². The zero-order valence-electron chi connectivity index (χ0n) is 8.33. The van der Waals surface area contributed by atoms with Crippen molar-refractivity contribution in [3.05, 3.63) is 48.8 Å². The highest BCUT2D eigenvalue weighted by Crippen LogP contribution is 2.30. The summed E-state index contributed by atoms with van der Waals surface area (Å²) in [7, 11) is 0. The fourth-order valence-electron chi connectivity index (χ4n) is 1.22. The van der Waals surface area contributed by atoms with Gasteiger partial charge in [-0.25, -0.2) is 4.79 Å². The lowest BCUT2D eigenvalue weighted by molar-refractivity contribution is 0.481. The number of carbonyl (C=O) groups excluding carboxylic acids is 1. The Morgan fingerprint density at radius 2 is 2.06 bits per heavy atom. The summed E-state index contributed by atoms with van der Waals surface area (Å²) in [5.74, 6) is 1.09. The topological polar surface area (TPSA) is 51.5 Å². The average Bonchev–Trinajstić information content (AvgIpc) is 2.33. The number of ether oxygens (including phenoxy) is 1. The molecule has 0 fully saturated rings. The number of hydrogen-bond acceptors (Lipinski definition) is 4. The molecular weight excluding hydrogens is 204 g/mol. The Labute approximate surface area is 92.2 Å². The van der Waals surface area contributed by atoms with Crippen LogP contribution in [0, 0.1) is 0 Å². The van der Waals surface area contributed by atoms with Gasteiger partial charge in [-0.15, -0.1) is 0 Å². The number of pyridine rings is 1. The first-order valence-electron chi connectivity index (χ1n) is 4.65. The average molecular weight is 212 g/mol.